The van der Waals surface area contributed by atoms with Crippen molar-refractivity contribution in [1.82, 2.24) is 0 Å². The quantitative estimate of drug-likeness (QED) is 0.0548. The average molecular weight is 1020 g/mol. The fraction of sp³-hybridized carbons (Fsp3) is 0.786. The highest BCUT2D eigenvalue weighted by molar-refractivity contribution is 8.77. The van der Waals surface area contributed by atoms with Crippen molar-refractivity contribution in [2.45, 2.75) is 177 Å². The number of rotatable bonds is 10. The van der Waals surface area contributed by atoms with Crippen LogP contribution in [0.2, 0.25) is 0 Å². The molecule has 11 aliphatic rings. The van der Waals surface area contributed by atoms with Crippen LogP contribution in [0.5, 0.6) is 5.75 Å². The summed E-state index contributed by atoms with van der Waals surface area (Å²) in [7, 11) is 2.28. The van der Waals surface area contributed by atoms with Crippen LogP contribution in [0.3, 0.4) is 0 Å². The summed E-state index contributed by atoms with van der Waals surface area (Å²) in [5.74, 6) is -2.78. The van der Waals surface area contributed by atoms with Crippen molar-refractivity contribution < 1.29 is 60.3 Å². The Morgan fingerprint density at radius 3 is 2.42 bits per heavy atom. The van der Waals surface area contributed by atoms with Crippen LogP contribution in [0, 0.1) is 69.0 Å². The Morgan fingerprint density at radius 2 is 1.72 bits per heavy atom. The number of aromatic hydroxyl groups is 1. The molecule has 9 N–H and O–H groups in total. The number of fused-ring (bicyclic) bond motifs is 1. The predicted octanol–water partition coefficient (Wildman–Crippen LogP) is 6.23. The third-order valence-corrected chi connectivity index (χ3v) is 24.7. The number of hydrogen-bond acceptors (Lipinski definition) is 14. The van der Waals surface area contributed by atoms with E-state index >= 15 is 9.59 Å². The number of hydrogen-bond donors (Lipinski definition) is 9. The molecular weight excluding hydrogens is 943 g/mol. The van der Waals surface area contributed by atoms with E-state index in [2.05, 4.69) is 33.8 Å². The number of aliphatic hydroxyl groups is 8. The van der Waals surface area contributed by atoms with Gasteiger partial charge in [-0.2, -0.15) is 0 Å². The smallest absolute Gasteiger partial charge is 0.234 e. The van der Waals surface area contributed by atoms with Crippen LogP contribution in [0.15, 0.2) is 42.0 Å². The second kappa shape index (κ2) is 18.6. The number of anilines is 1. The first-order chi connectivity index (χ1) is 33.7. The van der Waals surface area contributed by atoms with Crippen LogP contribution in [0.4, 0.5) is 5.69 Å². The fourth-order valence-corrected chi connectivity index (χ4v) is 21.0. The second-order valence-electron chi connectivity index (χ2n) is 24.7. The molecule has 1 aromatic carbocycles. The summed E-state index contributed by atoms with van der Waals surface area (Å²) in [6.07, 6.45) is 10.2. The number of ketones is 1. The van der Waals surface area contributed by atoms with E-state index in [4.69, 9.17) is 4.74 Å². The van der Waals surface area contributed by atoms with Gasteiger partial charge in [0.25, 0.3) is 0 Å². The molecule has 394 valence electrons. The van der Waals surface area contributed by atoms with Gasteiger partial charge in [0.1, 0.15) is 28.5 Å². The molecule has 1 amide bonds. The number of nitrogens with zero attached hydrogens (tertiary/aromatic N) is 1. The van der Waals surface area contributed by atoms with Crippen molar-refractivity contribution in [1.29, 1.82) is 0 Å². The van der Waals surface area contributed by atoms with Crippen LogP contribution < -0.4 is 4.90 Å². The van der Waals surface area contributed by atoms with Crippen LogP contribution in [0.1, 0.15) is 130 Å². The highest BCUT2D eigenvalue weighted by atomic mass is 33.1. The summed E-state index contributed by atoms with van der Waals surface area (Å²) in [5.41, 5.74) is -10.1. The second-order valence-corrected chi connectivity index (χ2v) is 27.3. The third kappa shape index (κ3) is 7.33. The van der Waals surface area contributed by atoms with E-state index in [0.29, 0.717) is 75.1 Å². The maximum Gasteiger partial charge on any atom is 0.234 e. The SMILES string of the molecule is CCCCCC1CN2C(=O)C13C(CO)CCCC3C(CO)SSC(O)C13CC(O)C(O)(CO)CC1(C)C1CC4C=CCC(O)(C5OC5C(C)C(C)C)C5CCC(O)(C1=CC3=O)C45CCc1cc(O)cc2c1. The Kier molecular flexibility index (Phi) is 13.7. The molecule has 12 rings (SSSR count). The van der Waals surface area contributed by atoms with Gasteiger partial charge in [-0.25, -0.2) is 0 Å². The zero-order valence-corrected chi connectivity index (χ0v) is 44.1. The summed E-state index contributed by atoms with van der Waals surface area (Å²) < 4.78 is 6.50. The zero-order valence-electron chi connectivity index (χ0n) is 42.4. The molecule has 0 aromatic heterocycles. The third-order valence-electron chi connectivity index (χ3n) is 21.6. The Bertz CT molecular complexity index is 2300. The minimum Gasteiger partial charge on any atom is -0.508 e. The number of aliphatic hydroxyl groups excluding tert-OH is 5. The Morgan fingerprint density at radius 1 is 0.944 bits per heavy atom. The number of unbranched alkanes of at least 4 members (excludes halogenated alkanes) is 2. The van der Waals surface area contributed by atoms with Gasteiger partial charge in [-0.05, 0) is 147 Å². The molecule has 5 heterocycles. The molecule has 1 aromatic rings. The minimum atomic E-state index is -2.04. The molecule has 2 saturated heterocycles. The van der Waals surface area contributed by atoms with E-state index in [-0.39, 0.29) is 62.1 Å². The highest BCUT2D eigenvalue weighted by Gasteiger charge is 2.79. The lowest BCUT2D eigenvalue weighted by Crippen LogP contribution is -2.72. The van der Waals surface area contributed by atoms with Gasteiger partial charge in [-0.1, -0.05) is 94.0 Å². The van der Waals surface area contributed by atoms with Crippen LogP contribution in [-0.2, 0) is 20.7 Å². The number of benzene rings is 1. The summed E-state index contributed by atoms with van der Waals surface area (Å²) in [4.78, 5) is 33.4. The number of carbonyl (C=O) groups excluding carboxylic acids is 2. The van der Waals surface area contributed by atoms with E-state index < -0.39 is 103 Å². The number of allylic oxidation sites excluding steroid dienone is 2. The number of carbonyl (C=O) groups is 2. The van der Waals surface area contributed by atoms with Crippen molar-refractivity contribution in [3.05, 3.63) is 47.6 Å². The summed E-state index contributed by atoms with van der Waals surface area (Å²) >= 11 is 0. The lowest BCUT2D eigenvalue weighted by Gasteiger charge is -2.68. The molecule has 13 nitrogen and oxygen atoms in total. The Balaban J connectivity index is 1.19. The van der Waals surface area contributed by atoms with Crippen molar-refractivity contribution in [3.8, 4) is 5.75 Å². The number of phenolic OH excluding ortho intramolecular Hbond substituents is 1. The average Bonchev–Trinajstić information content (AvgIpc) is 4.04. The summed E-state index contributed by atoms with van der Waals surface area (Å²) in [6.45, 7) is 9.45. The lowest BCUT2D eigenvalue weighted by atomic mass is 9.38. The van der Waals surface area contributed by atoms with E-state index in [1.165, 1.54) is 16.9 Å². The first kappa shape index (κ1) is 52.4. The van der Waals surface area contributed by atoms with Gasteiger partial charge >= 0.3 is 0 Å². The maximum absolute atomic E-state index is 15.9. The zero-order chi connectivity index (χ0) is 50.8. The van der Waals surface area contributed by atoms with Gasteiger partial charge in [0.2, 0.25) is 5.91 Å². The first-order valence-electron chi connectivity index (χ1n) is 27.1. The van der Waals surface area contributed by atoms with Crippen molar-refractivity contribution >= 4 is 39.0 Å². The summed E-state index contributed by atoms with van der Waals surface area (Å²) in [5, 5.41) is 109. The first-order valence-corrected chi connectivity index (χ1v) is 29.4. The minimum absolute atomic E-state index is 0.0120. The molecule has 6 aliphatic carbocycles. The maximum atomic E-state index is 15.9. The number of aryl methyl sites for hydroxylation is 1. The molecule has 19 unspecified atom stereocenters. The molecule has 3 spiro atoms. The molecule has 5 aliphatic heterocycles. The molecular formula is C56H81NO12S2. The number of phenols is 1. The molecule has 8 bridgehead atoms. The van der Waals surface area contributed by atoms with E-state index in [0.717, 1.165) is 42.0 Å². The van der Waals surface area contributed by atoms with E-state index in [1.54, 1.807) is 17.0 Å². The number of ether oxygens (including phenoxy) is 1. The van der Waals surface area contributed by atoms with Gasteiger partial charge in [0.15, 0.2) is 5.78 Å². The topological polar surface area (TPSA) is 232 Å². The van der Waals surface area contributed by atoms with Gasteiger partial charge in [-0.15, -0.1) is 0 Å². The van der Waals surface area contributed by atoms with Crippen molar-refractivity contribution in [2.24, 2.45) is 69.0 Å². The van der Waals surface area contributed by atoms with Gasteiger partial charge < -0.3 is 55.6 Å². The van der Waals surface area contributed by atoms with Gasteiger partial charge in [0, 0.05) is 41.5 Å². The van der Waals surface area contributed by atoms with Gasteiger partial charge in [-0.3, -0.25) is 9.59 Å². The Labute approximate surface area is 427 Å². The lowest BCUT2D eigenvalue weighted by molar-refractivity contribution is -0.235. The van der Waals surface area contributed by atoms with Crippen molar-refractivity contribution in [3.63, 3.8) is 0 Å². The largest absolute Gasteiger partial charge is 0.508 e. The molecule has 15 heteroatoms. The van der Waals surface area contributed by atoms with E-state index in [1.807, 2.05) is 19.1 Å². The highest BCUT2D eigenvalue weighted by Crippen LogP contribution is 2.76. The van der Waals surface area contributed by atoms with Crippen molar-refractivity contribution in [2.75, 3.05) is 31.3 Å². The van der Waals surface area contributed by atoms with Crippen LogP contribution >= 0.6 is 21.6 Å². The molecule has 0 radical (unpaired) electrons. The predicted molar refractivity (Wildman–Crippen MR) is 273 cm³/mol. The van der Waals surface area contributed by atoms with Crippen LogP contribution in [-0.4, -0.2) is 130 Å². The van der Waals surface area contributed by atoms with Crippen LogP contribution in [0.25, 0.3) is 0 Å². The fourth-order valence-electron chi connectivity index (χ4n) is 17.8. The molecule has 4 saturated carbocycles. The monoisotopic (exact) mass is 1020 g/mol. The molecule has 71 heavy (non-hydrogen) atoms. The molecule has 6 fully saturated rings. The van der Waals surface area contributed by atoms with Gasteiger partial charge in [0.05, 0.1) is 41.9 Å². The number of amides is 1. The standard InChI is InChI=1S/C56H81NO12S2/c1-6-7-8-11-35-26-57-37-20-33(21-38(61)23-37)15-18-52-34-13-10-17-54(67,47-46(69-47)32(4)31(2)3)43(52)16-19-55(52,68)41-24-44(62)53(25-45(63)51(66,30-60)29-50(53,5)40(41)22-34)49(65)71-70-42(28-59)39-14-9-12-36(27-58)56(35,39)48(57)64/h10,13,20-21,23-24,31-32,34-36,39-40,42-43,45-47,49,58-61,63,65-68H,6-9,11-12,14-19,22,25-30H2,1-5H3. The number of epoxide rings is 1. The Hall–Kier alpha value is -2.02. The van der Waals surface area contributed by atoms with E-state index in [9.17, 15) is 46.0 Å². The summed E-state index contributed by atoms with van der Waals surface area (Å²) in [6, 6.07) is 5.32. The normalized spacial score (nSPS) is 47.5. The molecule has 19 atom stereocenters.